The van der Waals surface area contributed by atoms with Crippen LogP contribution in [0, 0.1) is 0 Å². The molecule has 0 unspecified atom stereocenters. The van der Waals surface area contributed by atoms with Crippen molar-refractivity contribution in [3.63, 3.8) is 0 Å². The first-order chi connectivity index (χ1) is 15.5. The van der Waals surface area contributed by atoms with E-state index in [-0.39, 0.29) is 23.2 Å². The van der Waals surface area contributed by atoms with E-state index in [1.54, 1.807) is 54.1 Å². The summed E-state index contributed by atoms with van der Waals surface area (Å²) in [7, 11) is 1.72. The van der Waals surface area contributed by atoms with Crippen molar-refractivity contribution < 1.29 is 14.3 Å². The predicted octanol–water partition coefficient (Wildman–Crippen LogP) is 3.46. The van der Waals surface area contributed by atoms with Crippen LogP contribution in [0.1, 0.15) is 46.1 Å². The molecular weight excluding hydrogens is 446 g/mol. The number of ether oxygens (including phenoxy) is 1. The van der Waals surface area contributed by atoms with E-state index in [9.17, 15) is 14.4 Å². The number of hydrogen-bond acceptors (Lipinski definition) is 7. The van der Waals surface area contributed by atoms with Crippen LogP contribution in [0.5, 0.6) is 0 Å². The van der Waals surface area contributed by atoms with E-state index in [4.69, 9.17) is 9.72 Å². The summed E-state index contributed by atoms with van der Waals surface area (Å²) in [6.45, 7) is 2.45. The molecule has 0 atom stereocenters. The number of hydrogen-bond donors (Lipinski definition) is 1. The number of esters is 1. The standard InChI is InChI=1S/C23H25N3O4S2/c1-3-30-22(29)15-10-8-14(9-11-15)12-24-18(27)13-31-23-25-20-19(21(28)26(23)2)16-6-4-5-7-17(16)32-20/h8-11H,3-7,12-13H2,1-2H3,(H,24,27). The van der Waals surface area contributed by atoms with Crippen molar-refractivity contribution in [2.45, 2.75) is 44.3 Å². The molecule has 4 rings (SSSR count). The number of fused-ring (bicyclic) bond motifs is 3. The maximum atomic E-state index is 12.9. The van der Waals surface area contributed by atoms with E-state index in [1.807, 2.05) is 0 Å². The molecule has 2 aromatic heterocycles. The third-order valence-corrected chi connectivity index (χ3v) is 7.66. The first-order valence-electron chi connectivity index (χ1n) is 10.6. The number of thioether (sulfide) groups is 1. The van der Waals surface area contributed by atoms with Crippen molar-refractivity contribution in [2.24, 2.45) is 7.05 Å². The van der Waals surface area contributed by atoms with Crippen LogP contribution >= 0.6 is 23.1 Å². The van der Waals surface area contributed by atoms with Gasteiger partial charge in [-0.2, -0.15) is 0 Å². The number of thiophene rings is 1. The van der Waals surface area contributed by atoms with E-state index in [0.717, 1.165) is 41.5 Å². The van der Waals surface area contributed by atoms with Crippen LogP contribution in [0.4, 0.5) is 0 Å². The van der Waals surface area contributed by atoms with Gasteiger partial charge in [0.1, 0.15) is 4.83 Å². The maximum Gasteiger partial charge on any atom is 0.338 e. The van der Waals surface area contributed by atoms with Crippen molar-refractivity contribution >= 4 is 45.2 Å². The van der Waals surface area contributed by atoms with Gasteiger partial charge < -0.3 is 10.1 Å². The van der Waals surface area contributed by atoms with Gasteiger partial charge in [0.25, 0.3) is 5.56 Å². The molecule has 0 radical (unpaired) electrons. The Balaban J connectivity index is 1.37. The van der Waals surface area contributed by atoms with Gasteiger partial charge in [0.15, 0.2) is 5.16 Å². The molecule has 0 aliphatic heterocycles. The topological polar surface area (TPSA) is 90.3 Å². The van der Waals surface area contributed by atoms with E-state index in [2.05, 4.69) is 5.32 Å². The molecule has 7 nitrogen and oxygen atoms in total. The molecule has 3 aromatic rings. The van der Waals surface area contributed by atoms with Crippen LogP contribution in [0.3, 0.4) is 0 Å². The molecule has 32 heavy (non-hydrogen) atoms. The number of aromatic nitrogens is 2. The van der Waals surface area contributed by atoms with Gasteiger partial charge in [-0.1, -0.05) is 23.9 Å². The Labute approximate surface area is 194 Å². The van der Waals surface area contributed by atoms with Crippen LogP contribution in [-0.2, 0) is 36.0 Å². The van der Waals surface area contributed by atoms with Gasteiger partial charge in [0.05, 0.1) is 23.3 Å². The third kappa shape index (κ3) is 4.73. The summed E-state index contributed by atoms with van der Waals surface area (Å²) >= 11 is 2.88. The van der Waals surface area contributed by atoms with E-state index < -0.39 is 0 Å². The number of nitrogens with one attached hydrogen (secondary N) is 1. The summed E-state index contributed by atoms with van der Waals surface area (Å²) < 4.78 is 6.52. The molecule has 1 aliphatic rings. The molecule has 2 heterocycles. The number of carbonyl (C=O) groups excluding carboxylic acids is 2. The van der Waals surface area contributed by atoms with Crippen LogP contribution < -0.4 is 10.9 Å². The highest BCUT2D eigenvalue weighted by Crippen LogP contribution is 2.34. The van der Waals surface area contributed by atoms with Gasteiger partial charge in [-0.05, 0) is 55.9 Å². The molecule has 0 fully saturated rings. The molecule has 0 saturated heterocycles. The number of amides is 1. The minimum Gasteiger partial charge on any atom is -0.462 e. The third-order valence-electron chi connectivity index (χ3n) is 5.44. The molecule has 1 N–H and O–H groups in total. The number of aryl methyl sites for hydroxylation is 2. The van der Waals surface area contributed by atoms with Gasteiger partial charge in [0.2, 0.25) is 5.91 Å². The zero-order chi connectivity index (χ0) is 22.7. The zero-order valence-corrected chi connectivity index (χ0v) is 19.7. The lowest BCUT2D eigenvalue weighted by atomic mass is 9.97. The number of nitrogens with zero attached hydrogens (tertiary/aromatic N) is 2. The average molecular weight is 472 g/mol. The van der Waals surface area contributed by atoms with Crippen molar-refractivity contribution in [3.8, 4) is 0 Å². The van der Waals surface area contributed by atoms with Gasteiger partial charge in [0, 0.05) is 18.5 Å². The normalized spacial score (nSPS) is 13.1. The van der Waals surface area contributed by atoms with Crippen LogP contribution in [0.15, 0.2) is 34.2 Å². The van der Waals surface area contributed by atoms with Gasteiger partial charge >= 0.3 is 5.97 Å². The Morgan fingerprint density at radius 2 is 1.97 bits per heavy atom. The van der Waals surface area contributed by atoms with Gasteiger partial charge in [-0.15, -0.1) is 11.3 Å². The SMILES string of the molecule is CCOC(=O)c1ccc(CNC(=O)CSc2nc3sc4c(c3c(=O)n2C)CCCC4)cc1. The van der Waals surface area contributed by atoms with Gasteiger partial charge in [-0.3, -0.25) is 14.2 Å². The van der Waals surface area contributed by atoms with Crippen molar-refractivity contribution in [1.82, 2.24) is 14.9 Å². The highest BCUT2D eigenvalue weighted by molar-refractivity contribution is 7.99. The highest BCUT2D eigenvalue weighted by Gasteiger charge is 2.21. The fourth-order valence-electron chi connectivity index (χ4n) is 3.75. The molecule has 168 valence electrons. The fraction of sp³-hybridized carbons (Fsp3) is 0.391. The first kappa shape index (κ1) is 22.5. The molecule has 1 aromatic carbocycles. The molecule has 0 spiro atoms. The second-order valence-electron chi connectivity index (χ2n) is 7.63. The summed E-state index contributed by atoms with van der Waals surface area (Å²) in [5, 5.41) is 4.17. The number of benzene rings is 1. The molecule has 1 aliphatic carbocycles. The van der Waals surface area contributed by atoms with Gasteiger partial charge in [-0.25, -0.2) is 9.78 Å². The molecular formula is C23H25N3O4S2. The van der Waals surface area contributed by atoms with Crippen LogP contribution in [-0.4, -0.2) is 33.8 Å². The van der Waals surface area contributed by atoms with Crippen LogP contribution in [0.25, 0.3) is 10.2 Å². The average Bonchev–Trinajstić information content (AvgIpc) is 3.18. The molecule has 1 amide bonds. The minimum absolute atomic E-state index is 0.0287. The highest BCUT2D eigenvalue weighted by atomic mass is 32.2. The van der Waals surface area contributed by atoms with Crippen molar-refractivity contribution in [1.29, 1.82) is 0 Å². The molecule has 0 saturated carbocycles. The Kier molecular flexibility index (Phi) is 6.95. The Morgan fingerprint density at radius 1 is 1.22 bits per heavy atom. The first-order valence-corrected chi connectivity index (χ1v) is 12.4. The summed E-state index contributed by atoms with van der Waals surface area (Å²) in [6.07, 6.45) is 4.24. The smallest absolute Gasteiger partial charge is 0.338 e. The zero-order valence-electron chi connectivity index (χ0n) is 18.1. The largest absolute Gasteiger partial charge is 0.462 e. The minimum atomic E-state index is -0.360. The summed E-state index contributed by atoms with van der Waals surface area (Å²) in [5.74, 6) is -0.344. The predicted molar refractivity (Wildman–Crippen MR) is 126 cm³/mol. The quantitative estimate of drug-likeness (QED) is 0.322. The van der Waals surface area contributed by atoms with E-state index in [0.29, 0.717) is 23.9 Å². The van der Waals surface area contributed by atoms with Crippen molar-refractivity contribution in [3.05, 3.63) is 56.2 Å². The Hall–Kier alpha value is -2.65. The Morgan fingerprint density at radius 3 is 2.72 bits per heavy atom. The van der Waals surface area contributed by atoms with Crippen LogP contribution in [0.2, 0.25) is 0 Å². The van der Waals surface area contributed by atoms with E-state index in [1.165, 1.54) is 22.2 Å². The summed E-state index contributed by atoms with van der Waals surface area (Å²) in [4.78, 5) is 43.8. The molecule has 9 heteroatoms. The second kappa shape index (κ2) is 9.87. The number of carbonyl (C=O) groups is 2. The molecule has 0 bridgehead atoms. The summed E-state index contributed by atoms with van der Waals surface area (Å²) in [5.41, 5.74) is 2.51. The fourth-order valence-corrected chi connectivity index (χ4v) is 5.86. The second-order valence-corrected chi connectivity index (χ2v) is 9.66. The summed E-state index contributed by atoms with van der Waals surface area (Å²) in [6, 6.07) is 6.95. The van der Waals surface area contributed by atoms with E-state index >= 15 is 0 Å². The lowest BCUT2D eigenvalue weighted by molar-refractivity contribution is -0.118. The van der Waals surface area contributed by atoms with Crippen molar-refractivity contribution in [2.75, 3.05) is 12.4 Å². The lowest BCUT2D eigenvalue weighted by Gasteiger charge is -2.11. The number of rotatable bonds is 7. The lowest BCUT2D eigenvalue weighted by Crippen LogP contribution is -2.26. The maximum absolute atomic E-state index is 12.9. The monoisotopic (exact) mass is 471 g/mol. The Bertz CT molecular complexity index is 1210.